The van der Waals surface area contributed by atoms with E-state index < -0.39 is 17.3 Å². The molecular weight excluding hydrogens is 291 g/mol. The SMILES string of the molecule is O=C(NC1(c2ccc(C(F)(F)F)cc2)CC1)c1ccccc1. The van der Waals surface area contributed by atoms with E-state index in [9.17, 15) is 18.0 Å². The topological polar surface area (TPSA) is 29.1 Å². The van der Waals surface area contributed by atoms with Gasteiger partial charge in [-0.25, -0.2) is 0 Å². The molecule has 5 heteroatoms. The van der Waals surface area contributed by atoms with Crippen LogP contribution in [0.5, 0.6) is 0 Å². The first-order valence-electron chi connectivity index (χ1n) is 6.96. The van der Waals surface area contributed by atoms with Crippen molar-refractivity contribution in [3.8, 4) is 0 Å². The highest BCUT2D eigenvalue weighted by molar-refractivity contribution is 5.95. The zero-order chi connectivity index (χ0) is 15.8. The van der Waals surface area contributed by atoms with Crippen LogP contribution in [0.15, 0.2) is 54.6 Å². The van der Waals surface area contributed by atoms with Crippen molar-refractivity contribution < 1.29 is 18.0 Å². The number of carbonyl (C=O) groups excluding carboxylic acids is 1. The summed E-state index contributed by atoms with van der Waals surface area (Å²) in [6.07, 6.45) is -2.88. The number of amides is 1. The van der Waals surface area contributed by atoms with Crippen LogP contribution in [0.2, 0.25) is 0 Å². The second-order valence-corrected chi connectivity index (χ2v) is 5.48. The third-order valence-electron chi connectivity index (χ3n) is 3.90. The first kappa shape index (κ1) is 14.6. The normalized spacial score (nSPS) is 16.1. The van der Waals surface area contributed by atoms with Gasteiger partial charge in [0.2, 0.25) is 0 Å². The van der Waals surface area contributed by atoms with Crippen molar-refractivity contribution in [1.29, 1.82) is 0 Å². The minimum Gasteiger partial charge on any atom is -0.343 e. The Morgan fingerprint density at radius 3 is 2.05 bits per heavy atom. The highest BCUT2D eigenvalue weighted by Crippen LogP contribution is 2.46. The molecule has 0 radical (unpaired) electrons. The molecule has 1 aliphatic rings. The Labute approximate surface area is 126 Å². The van der Waals surface area contributed by atoms with E-state index in [4.69, 9.17) is 0 Å². The van der Waals surface area contributed by atoms with E-state index in [1.165, 1.54) is 12.1 Å². The highest BCUT2D eigenvalue weighted by atomic mass is 19.4. The van der Waals surface area contributed by atoms with E-state index in [0.29, 0.717) is 11.1 Å². The molecule has 1 N–H and O–H groups in total. The number of hydrogen-bond donors (Lipinski definition) is 1. The smallest absolute Gasteiger partial charge is 0.343 e. The molecule has 2 aromatic carbocycles. The maximum Gasteiger partial charge on any atom is 0.416 e. The predicted molar refractivity (Wildman–Crippen MR) is 76.3 cm³/mol. The Morgan fingerprint density at radius 2 is 1.55 bits per heavy atom. The van der Waals surface area contributed by atoms with Crippen LogP contribution in [0.4, 0.5) is 13.2 Å². The lowest BCUT2D eigenvalue weighted by Gasteiger charge is -2.19. The number of rotatable bonds is 3. The molecule has 1 aliphatic carbocycles. The van der Waals surface area contributed by atoms with Crippen LogP contribution in [0.25, 0.3) is 0 Å². The molecule has 0 saturated heterocycles. The fourth-order valence-electron chi connectivity index (χ4n) is 2.47. The van der Waals surface area contributed by atoms with E-state index in [2.05, 4.69) is 5.32 Å². The Hall–Kier alpha value is -2.30. The fourth-order valence-corrected chi connectivity index (χ4v) is 2.47. The third kappa shape index (κ3) is 2.84. The molecule has 3 rings (SSSR count). The van der Waals surface area contributed by atoms with Crippen LogP contribution < -0.4 is 5.32 Å². The predicted octanol–water partition coefficient (Wildman–Crippen LogP) is 4.12. The molecule has 2 aromatic rings. The summed E-state index contributed by atoms with van der Waals surface area (Å²) >= 11 is 0. The molecule has 0 spiro atoms. The summed E-state index contributed by atoms with van der Waals surface area (Å²) in [7, 11) is 0. The van der Waals surface area contributed by atoms with Gasteiger partial charge >= 0.3 is 6.18 Å². The monoisotopic (exact) mass is 305 g/mol. The summed E-state index contributed by atoms with van der Waals surface area (Å²) in [5.74, 6) is -0.210. The zero-order valence-electron chi connectivity index (χ0n) is 11.7. The Bertz CT molecular complexity index is 673. The number of hydrogen-bond acceptors (Lipinski definition) is 1. The molecule has 1 fully saturated rings. The maximum absolute atomic E-state index is 12.6. The van der Waals surface area contributed by atoms with Crippen molar-refractivity contribution in [3.63, 3.8) is 0 Å². The summed E-state index contributed by atoms with van der Waals surface area (Å²) in [6, 6.07) is 13.8. The molecule has 0 bridgehead atoms. The molecule has 0 heterocycles. The lowest BCUT2D eigenvalue weighted by Crippen LogP contribution is -2.34. The Balaban J connectivity index is 1.78. The van der Waals surface area contributed by atoms with Crippen LogP contribution in [0.3, 0.4) is 0 Å². The van der Waals surface area contributed by atoms with Gasteiger partial charge in [-0.05, 0) is 42.7 Å². The molecule has 0 aliphatic heterocycles. The molecule has 22 heavy (non-hydrogen) atoms. The maximum atomic E-state index is 12.6. The van der Waals surface area contributed by atoms with E-state index >= 15 is 0 Å². The minimum absolute atomic E-state index is 0.210. The molecular formula is C17H14F3NO. The quantitative estimate of drug-likeness (QED) is 0.908. The summed E-state index contributed by atoms with van der Waals surface area (Å²) in [5.41, 5.74) is 0.0451. The standard InChI is InChI=1S/C17H14F3NO/c18-17(19,20)14-8-6-13(7-9-14)16(10-11-16)21-15(22)12-4-2-1-3-5-12/h1-9H,10-11H2,(H,21,22). The first-order valence-corrected chi connectivity index (χ1v) is 6.96. The number of nitrogens with one attached hydrogen (secondary N) is 1. The van der Waals surface area contributed by atoms with Gasteiger partial charge in [-0.1, -0.05) is 30.3 Å². The van der Waals surface area contributed by atoms with Gasteiger partial charge in [-0.3, -0.25) is 4.79 Å². The molecule has 0 aromatic heterocycles. The van der Waals surface area contributed by atoms with Gasteiger partial charge in [0, 0.05) is 5.56 Å². The van der Waals surface area contributed by atoms with Crippen molar-refractivity contribution >= 4 is 5.91 Å². The summed E-state index contributed by atoms with van der Waals surface area (Å²) in [4.78, 5) is 12.2. The second-order valence-electron chi connectivity index (χ2n) is 5.48. The number of alkyl halides is 3. The minimum atomic E-state index is -4.34. The average Bonchev–Trinajstić information content (AvgIpc) is 3.28. The van der Waals surface area contributed by atoms with Crippen LogP contribution in [-0.2, 0) is 11.7 Å². The van der Waals surface area contributed by atoms with E-state index in [1.807, 2.05) is 6.07 Å². The van der Waals surface area contributed by atoms with Crippen molar-refractivity contribution in [2.75, 3.05) is 0 Å². The van der Waals surface area contributed by atoms with Crippen LogP contribution in [-0.4, -0.2) is 5.91 Å². The van der Waals surface area contributed by atoms with E-state index in [0.717, 1.165) is 25.0 Å². The van der Waals surface area contributed by atoms with Gasteiger partial charge in [-0.15, -0.1) is 0 Å². The second kappa shape index (κ2) is 5.16. The van der Waals surface area contributed by atoms with Gasteiger partial charge in [-0.2, -0.15) is 13.2 Å². The van der Waals surface area contributed by atoms with Crippen molar-refractivity contribution in [3.05, 3.63) is 71.3 Å². The van der Waals surface area contributed by atoms with Crippen LogP contribution in [0.1, 0.15) is 34.3 Å². The summed E-state index contributed by atoms with van der Waals surface area (Å²) in [5, 5.41) is 2.94. The van der Waals surface area contributed by atoms with Gasteiger partial charge in [0.05, 0.1) is 11.1 Å². The number of halogens is 3. The molecule has 1 amide bonds. The van der Waals surface area contributed by atoms with Crippen molar-refractivity contribution in [1.82, 2.24) is 5.32 Å². The third-order valence-corrected chi connectivity index (χ3v) is 3.90. The van der Waals surface area contributed by atoms with E-state index in [-0.39, 0.29) is 5.91 Å². The lowest BCUT2D eigenvalue weighted by atomic mass is 10.0. The van der Waals surface area contributed by atoms with Crippen LogP contribution in [0, 0.1) is 0 Å². The number of benzene rings is 2. The zero-order valence-corrected chi connectivity index (χ0v) is 11.7. The molecule has 0 atom stereocenters. The van der Waals surface area contributed by atoms with E-state index in [1.54, 1.807) is 24.3 Å². The molecule has 114 valence electrons. The number of carbonyl (C=O) groups is 1. The summed E-state index contributed by atoms with van der Waals surface area (Å²) in [6.45, 7) is 0. The fraction of sp³-hybridized carbons (Fsp3) is 0.235. The first-order chi connectivity index (χ1) is 10.4. The average molecular weight is 305 g/mol. The van der Waals surface area contributed by atoms with Crippen LogP contribution >= 0.6 is 0 Å². The largest absolute Gasteiger partial charge is 0.416 e. The highest BCUT2D eigenvalue weighted by Gasteiger charge is 2.46. The Morgan fingerprint density at radius 1 is 0.955 bits per heavy atom. The van der Waals surface area contributed by atoms with Gasteiger partial charge in [0.15, 0.2) is 0 Å². The van der Waals surface area contributed by atoms with Gasteiger partial charge in [0.1, 0.15) is 0 Å². The van der Waals surface area contributed by atoms with Gasteiger partial charge in [0.25, 0.3) is 5.91 Å². The summed E-state index contributed by atoms with van der Waals surface area (Å²) < 4.78 is 37.8. The molecule has 1 saturated carbocycles. The molecule has 2 nitrogen and oxygen atoms in total. The molecule has 0 unspecified atom stereocenters. The van der Waals surface area contributed by atoms with Crippen molar-refractivity contribution in [2.24, 2.45) is 0 Å². The lowest BCUT2D eigenvalue weighted by molar-refractivity contribution is -0.137. The Kier molecular flexibility index (Phi) is 3.43. The van der Waals surface area contributed by atoms with Crippen molar-refractivity contribution in [2.45, 2.75) is 24.6 Å². The van der Waals surface area contributed by atoms with Gasteiger partial charge < -0.3 is 5.32 Å².